The molecule has 0 aromatic rings. The van der Waals surface area contributed by atoms with Crippen molar-refractivity contribution in [3.05, 3.63) is 0 Å². The highest BCUT2D eigenvalue weighted by Crippen LogP contribution is 2.07. The number of methoxy groups -OCH3 is 1. The molecule has 2 N–H and O–H groups in total. The first-order chi connectivity index (χ1) is 8.72. The lowest BCUT2D eigenvalue weighted by Gasteiger charge is -2.23. The molecule has 1 amide bonds. The Morgan fingerprint density at radius 2 is 2.11 bits per heavy atom. The van der Waals surface area contributed by atoms with Crippen LogP contribution in [-0.4, -0.2) is 51.5 Å². The molecule has 0 bridgehead atoms. The van der Waals surface area contributed by atoms with E-state index in [1.165, 1.54) is 0 Å². The van der Waals surface area contributed by atoms with E-state index in [-0.39, 0.29) is 11.9 Å². The zero-order valence-electron chi connectivity index (χ0n) is 11.5. The van der Waals surface area contributed by atoms with Crippen molar-refractivity contribution < 1.29 is 14.3 Å². The summed E-state index contributed by atoms with van der Waals surface area (Å²) < 4.78 is 10.7. The van der Waals surface area contributed by atoms with Gasteiger partial charge in [-0.2, -0.15) is 0 Å². The van der Waals surface area contributed by atoms with Gasteiger partial charge in [0.05, 0.1) is 12.7 Å². The maximum Gasteiger partial charge on any atom is 0.222 e. The van der Waals surface area contributed by atoms with Gasteiger partial charge < -0.3 is 20.1 Å². The molecule has 1 aliphatic rings. The van der Waals surface area contributed by atoms with Gasteiger partial charge in [0, 0.05) is 26.2 Å². The molecule has 1 aliphatic heterocycles. The van der Waals surface area contributed by atoms with Crippen LogP contribution >= 0.6 is 0 Å². The van der Waals surface area contributed by atoms with E-state index >= 15 is 0 Å². The number of ether oxygens (including phenoxy) is 2. The summed E-state index contributed by atoms with van der Waals surface area (Å²) in [4.78, 5) is 11.6. The van der Waals surface area contributed by atoms with Crippen molar-refractivity contribution >= 4 is 5.91 Å². The van der Waals surface area contributed by atoms with E-state index in [0.29, 0.717) is 25.7 Å². The van der Waals surface area contributed by atoms with Gasteiger partial charge in [0.15, 0.2) is 0 Å². The minimum Gasteiger partial charge on any atom is -0.385 e. The van der Waals surface area contributed by atoms with Gasteiger partial charge in [-0.3, -0.25) is 4.79 Å². The zero-order chi connectivity index (χ0) is 13.2. The Bertz CT molecular complexity index is 230. The average Bonchev–Trinajstić information content (AvgIpc) is 2.37. The SMILES string of the molecule is COCCC(C)NC(=O)CCOC1CCNCC1. The molecule has 1 atom stereocenters. The molecule has 0 saturated carbocycles. The second kappa shape index (κ2) is 9.30. The number of nitrogens with one attached hydrogen (secondary N) is 2. The van der Waals surface area contributed by atoms with Gasteiger partial charge in [0.25, 0.3) is 0 Å². The van der Waals surface area contributed by atoms with Crippen molar-refractivity contribution in [3.63, 3.8) is 0 Å². The van der Waals surface area contributed by atoms with E-state index in [2.05, 4.69) is 10.6 Å². The molecule has 5 nitrogen and oxygen atoms in total. The van der Waals surface area contributed by atoms with Crippen LogP contribution in [0.1, 0.15) is 32.6 Å². The number of carbonyl (C=O) groups is 1. The van der Waals surface area contributed by atoms with Crippen LogP contribution in [0.5, 0.6) is 0 Å². The monoisotopic (exact) mass is 258 g/mol. The normalized spacial score (nSPS) is 18.6. The molecule has 0 aromatic heterocycles. The molecular formula is C13H26N2O3. The third kappa shape index (κ3) is 6.93. The van der Waals surface area contributed by atoms with Crippen LogP contribution in [0.2, 0.25) is 0 Å². The van der Waals surface area contributed by atoms with E-state index in [1.54, 1.807) is 7.11 Å². The fourth-order valence-corrected chi connectivity index (χ4v) is 1.99. The quantitative estimate of drug-likeness (QED) is 0.672. The molecule has 1 unspecified atom stereocenters. The topological polar surface area (TPSA) is 59.6 Å². The summed E-state index contributed by atoms with van der Waals surface area (Å²) in [5.41, 5.74) is 0. The molecule has 1 heterocycles. The highest BCUT2D eigenvalue weighted by atomic mass is 16.5. The number of hydrogen-bond donors (Lipinski definition) is 2. The standard InChI is InChI=1S/C13H26N2O3/c1-11(5-9-17-2)15-13(16)6-10-18-12-3-7-14-8-4-12/h11-12,14H,3-10H2,1-2H3,(H,15,16). The van der Waals surface area contributed by atoms with Crippen LogP contribution in [0.4, 0.5) is 0 Å². The molecule has 106 valence electrons. The molecule has 1 saturated heterocycles. The second-order valence-corrected chi connectivity index (χ2v) is 4.82. The van der Waals surface area contributed by atoms with Crippen LogP contribution < -0.4 is 10.6 Å². The highest BCUT2D eigenvalue weighted by Gasteiger charge is 2.14. The van der Waals surface area contributed by atoms with Crippen LogP contribution in [0.3, 0.4) is 0 Å². The summed E-state index contributed by atoms with van der Waals surface area (Å²) in [6, 6.07) is 0.163. The Morgan fingerprint density at radius 3 is 2.78 bits per heavy atom. The van der Waals surface area contributed by atoms with Gasteiger partial charge in [-0.1, -0.05) is 0 Å². The zero-order valence-corrected chi connectivity index (χ0v) is 11.5. The number of hydrogen-bond acceptors (Lipinski definition) is 4. The fourth-order valence-electron chi connectivity index (χ4n) is 1.99. The third-order valence-electron chi connectivity index (χ3n) is 3.13. The lowest BCUT2D eigenvalue weighted by Crippen LogP contribution is -2.35. The maximum absolute atomic E-state index is 11.6. The molecule has 18 heavy (non-hydrogen) atoms. The number of piperidine rings is 1. The van der Waals surface area contributed by atoms with Crippen molar-refractivity contribution in [2.45, 2.75) is 44.8 Å². The minimum absolute atomic E-state index is 0.0625. The van der Waals surface area contributed by atoms with Crippen LogP contribution in [-0.2, 0) is 14.3 Å². The van der Waals surface area contributed by atoms with E-state index in [1.807, 2.05) is 6.92 Å². The molecule has 0 radical (unpaired) electrons. The van der Waals surface area contributed by atoms with Crippen LogP contribution in [0.25, 0.3) is 0 Å². The van der Waals surface area contributed by atoms with Crippen molar-refractivity contribution in [1.29, 1.82) is 0 Å². The van der Waals surface area contributed by atoms with Gasteiger partial charge in [0.2, 0.25) is 5.91 Å². The smallest absolute Gasteiger partial charge is 0.222 e. The Balaban J connectivity index is 2.01. The van der Waals surface area contributed by atoms with Crippen molar-refractivity contribution in [2.24, 2.45) is 0 Å². The van der Waals surface area contributed by atoms with Gasteiger partial charge in [0.1, 0.15) is 0 Å². The first-order valence-corrected chi connectivity index (χ1v) is 6.83. The molecule has 0 aliphatic carbocycles. The van der Waals surface area contributed by atoms with E-state index < -0.39 is 0 Å². The number of carbonyl (C=O) groups excluding carboxylic acids is 1. The summed E-state index contributed by atoms with van der Waals surface area (Å²) in [5, 5.41) is 6.23. The number of rotatable bonds is 8. The minimum atomic E-state index is 0.0625. The Hall–Kier alpha value is -0.650. The summed E-state index contributed by atoms with van der Waals surface area (Å²) in [6.07, 6.45) is 3.71. The summed E-state index contributed by atoms with van der Waals surface area (Å²) in [5.74, 6) is 0.0625. The molecule has 0 spiro atoms. The predicted molar refractivity (Wildman–Crippen MR) is 70.6 cm³/mol. The van der Waals surface area contributed by atoms with E-state index in [4.69, 9.17) is 9.47 Å². The lowest BCUT2D eigenvalue weighted by molar-refractivity contribution is -0.123. The Kier molecular flexibility index (Phi) is 7.96. The lowest BCUT2D eigenvalue weighted by atomic mass is 10.1. The van der Waals surface area contributed by atoms with Crippen LogP contribution in [0, 0.1) is 0 Å². The van der Waals surface area contributed by atoms with Crippen molar-refractivity contribution in [3.8, 4) is 0 Å². The molecule has 1 fully saturated rings. The predicted octanol–water partition coefficient (Wildman–Crippen LogP) is 0.686. The van der Waals surface area contributed by atoms with Gasteiger partial charge in [-0.05, 0) is 39.3 Å². The van der Waals surface area contributed by atoms with Gasteiger partial charge >= 0.3 is 0 Å². The Morgan fingerprint density at radius 1 is 1.39 bits per heavy atom. The second-order valence-electron chi connectivity index (χ2n) is 4.82. The van der Waals surface area contributed by atoms with Crippen LogP contribution in [0.15, 0.2) is 0 Å². The first-order valence-electron chi connectivity index (χ1n) is 6.83. The van der Waals surface area contributed by atoms with Gasteiger partial charge in [-0.15, -0.1) is 0 Å². The van der Waals surface area contributed by atoms with E-state index in [9.17, 15) is 4.79 Å². The molecule has 5 heteroatoms. The third-order valence-corrected chi connectivity index (χ3v) is 3.13. The summed E-state index contributed by atoms with van der Waals surface area (Å²) >= 11 is 0. The number of amides is 1. The maximum atomic E-state index is 11.6. The first kappa shape index (κ1) is 15.4. The molecule has 0 aromatic carbocycles. The Labute approximate surface area is 110 Å². The van der Waals surface area contributed by atoms with Crippen molar-refractivity contribution in [2.75, 3.05) is 33.4 Å². The van der Waals surface area contributed by atoms with Crippen molar-refractivity contribution in [1.82, 2.24) is 10.6 Å². The molecule has 1 rings (SSSR count). The summed E-state index contributed by atoms with van der Waals surface area (Å²) in [7, 11) is 1.67. The fraction of sp³-hybridized carbons (Fsp3) is 0.923. The van der Waals surface area contributed by atoms with E-state index in [0.717, 1.165) is 32.4 Å². The highest BCUT2D eigenvalue weighted by molar-refractivity contribution is 5.76. The summed E-state index contributed by atoms with van der Waals surface area (Å²) in [6.45, 7) is 5.22. The molecular weight excluding hydrogens is 232 g/mol. The average molecular weight is 258 g/mol. The van der Waals surface area contributed by atoms with Gasteiger partial charge in [-0.25, -0.2) is 0 Å². The largest absolute Gasteiger partial charge is 0.385 e.